The van der Waals surface area contributed by atoms with E-state index in [9.17, 15) is 4.79 Å². The van der Waals surface area contributed by atoms with Crippen molar-refractivity contribution in [2.24, 2.45) is 0 Å². The van der Waals surface area contributed by atoms with Crippen LogP contribution in [-0.2, 0) is 4.79 Å². The predicted octanol–water partition coefficient (Wildman–Crippen LogP) is 1.25. The summed E-state index contributed by atoms with van der Waals surface area (Å²) < 4.78 is 0. The number of hydrogen-bond acceptors (Lipinski definition) is 1. The molecular weight excluding hydrogens is 114 g/mol. The van der Waals surface area contributed by atoms with Crippen molar-refractivity contribution in [1.82, 2.24) is 5.32 Å². The Morgan fingerprint density at radius 3 is 2.67 bits per heavy atom. The molecule has 0 fully saturated rings. The quantitative estimate of drug-likeness (QED) is 0.554. The van der Waals surface area contributed by atoms with Gasteiger partial charge in [-0.15, -0.1) is 0 Å². The molecule has 0 aliphatic heterocycles. The molecule has 51 valence electrons. The second-order valence-electron chi connectivity index (χ2n) is 1.91. The highest BCUT2D eigenvalue weighted by Gasteiger charge is 1.95. The Labute approximate surface area is 56.0 Å². The fourth-order valence-electron chi connectivity index (χ4n) is 0.418. The maximum atomic E-state index is 10.6. The number of hydrogen-bond donors (Lipinski definition) is 1. The van der Waals surface area contributed by atoms with E-state index in [4.69, 9.17) is 0 Å². The summed E-state index contributed by atoms with van der Waals surface area (Å²) in [5, 5.41) is 2.30. The molecule has 0 aliphatic carbocycles. The van der Waals surface area contributed by atoms with Crippen LogP contribution in [0.15, 0.2) is 11.6 Å². The van der Waals surface area contributed by atoms with Crippen molar-refractivity contribution in [3.8, 4) is 0 Å². The molecule has 0 aliphatic rings. The van der Waals surface area contributed by atoms with Gasteiger partial charge < -0.3 is 5.32 Å². The highest BCUT2D eigenvalue weighted by molar-refractivity contribution is 5.78. The second kappa shape index (κ2) is 4.13. The lowest BCUT2D eigenvalue weighted by molar-refractivity contribution is -0.119. The Kier molecular flexibility index (Phi) is 3.76. The van der Waals surface area contributed by atoms with Crippen molar-refractivity contribution < 1.29 is 4.79 Å². The fraction of sp³-hybridized carbons (Fsp3) is 0.429. The average molecular weight is 126 g/mol. The molecule has 0 spiro atoms. The zero-order valence-electron chi connectivity index (χ0n) is 5.90. The minimum absolute atomic E-state index is 0.0365. The Morgan fingerprint density at radius 2 is 2.33 bits per heavy atom. The van der Waals surface area contributed by atoms with Crippen LogP contribution in [0.5, 0.6) is 0 Å². The first-order valence-corrected chi connectivity index (χ1v) is 2.88. The van der Waals surface area contributed by atoms with Crippen molar-refractivity contribution in [1.29, 1.82) is 0 Å². The maximum absolute atomic E-state index is 10.6. The first-order valence-electron chi connectivity index (χ1n) is 2.88. The molecule has 9 heavy (non-hydrogen) atoms. The summed E-state index contributed by atoms with van der Waals surface area (Å²) in [6.07, 6.45) is 2.37. The molecule has 0 aromatic heterocycles. The van der Waals surface area contributed by atoms with Crippen molar-refractivity contribution in [2.75, 3.05) is 0 Å². The summed E-state index contributed by atoms with van der Waals surface area (Å²) in [4.78, 5) is 10.6. The zero-order chi connectivity index (χ0) is 7.28. The summed E-state index contributed by atoms with van der Waals surface area (Å²) in [6, 6.07) is 0. The summed E-state index contributed by atoms with van der Waals surface area (Å²) >= 11 is 0. The van der Waals surface area contributed by atoms with Crippen LogP contribution >= 0.6 is 0 Å². The summed E-state index contributed by atoms with van der Waals surface area (Å²) in [5.74, 6) is -0.0365. The molecule has 0 aromatic rings. The molecule has 2 heteroatoms. The van der Waals surface area contributed by atoms with Gasteiger partial charge in [-0.1, -0.05) is 11.6 Å². The fourth-order valence-corrected chi connectivity index (χ4v) is 0.418. The number of rotatable bonds is 2. The van der Waals surface area contributed by atoms with Gasteiger partial charge in [-0.3, -0.25) is 4.79 Å². The van der Waals surface area contributed by atoms with Crippen LogP contribution in [0.3, 0.4) is 0 Å². The molecule has 0 rings (SSSR count). The predicted molar refractivity (Wildman–Crippen MR) is 37.5 cm³/mol. The van der Waals surface area contributed by atoms with Crippen LogP contribution in [0.4, 0.5) is 0 Å². The highest BCUT2D eigenvalue weighted by Crippen LogP contribution is 1.97. The van der Waals surface area contributed by atoms with Crippen molar-refractivity contribution in [2.45, 2.75) is 20.3 Å². The molecular formula is C7H12NO. The van der Waals surface area contributed by atoms with Crippen LogP contribution in [0.25, 0.3) is 0 Å². The Balaban J connectivity index is 3.60. The van der Waals surface area contributed by atoms with Gasteiger partial charge in [0.1, 0.15) is 0 Å². The molecule has 0 bridgehead atoms. The average Bonchev–Trinajstić information content (AvgIpc) is 1.87. The molecule has 1 N–H and O–H groups in total. The number of nitrogens with one attached hydrogen (secondary N) is 1. The zero-order valence-corrected chi connectivity index (χ0v) is 5.90. The number of carbonyl (C=O) groups is 1. The first kappa shape index (κ1) is 8.21. The van der Waals surface area contributed by atoms with Crippen LogP contribution < -0.4 is 5.32 Å². The van der Waals surface area contributed by atoms with E-state index in [0.717, 1.165) is 5.57 Å². The summed E-state index contributed by atoms with van der Waals surface area (Å²) in [5.41, 5.74) is 1.07. The molecule has 0 aromatic carbocycles. The number of amides is 1. The van der Waals surface area contributed by atoms with E-state index in [1.807, 2.05) is 19.9 Å². The van der Waals surface area contributed by atoms with E-state index < -0.39 is 0 Å². The lowest BCUT2D eigenvalue weighted by atomic mass is 10.2. The van der Waals surface area contributed by atoms with Crippen LogP contribution in [0.2, 0.25) is 0 Å². The van der Waals surface area contributed by atoms with Gasteiger partial charge in [-0.05, 0) is 13.8 Å². The van der Waals surface area contributed by atoms with Gasteiger partial charge in [0.25, 0.3) is 0 Å². The van der Waals surface area contributed by atoms with E-state index >= 15 is 0 Å². The standard InChI is InChI=1S/C7H12NO/c1-4-6(2)5-7(9)8-3/h4H,3,5H2,1-2H3,(H,8,9). The smallest absolute Gasteiger partial charge is 0.224 e. The normalized spacial score (nSPS) is 11.2. The van der Waals surface area contributed by atoms with Gasteiger partial charge in [0.05, 0.1) is 0 Å². The third-order valence-electron chi connectivity index (χ3n) is 1.13. The number of carbonyl (C=O) groups excluding carboxylic acids is 1. The lowest BCUT2D eigenvalue weighted by Crippen LogP contribution is -2.14. The van der Waals surface area contributed by atoms with Gasteiger partial charge in [0.15, 0.2) is 0 Å². The molecule has 0 heterocycles. The molecule has 0 saturated carbocycles. The van der Waals surface area contributed by atoms with E-state index in [1.54, 1.807) is 0 Å². The highest BCUT2D eigenvalue weighted by atomic mass is 16.1. The SMILES string of the molecule is [CH2]NC(=O)CC(C)=CC. The first-order chi connectivity index (χ1) is 4.20. The Hall–Kier alpha value is -0.790. The second-order valence-corrected chi connectivity index (χ2v) is 1.91. The van der Waals surface area contributed by atoms with Gasteiger partial charge in [-0.25, -0.2) is 0 Å². The maximum Gasteiger partial charge on any atom is 0.224 e. The van der Waals surface area contributed by atoms with Crippen LogP contribution in [0, 0.1) is 7.05 Å². The third kappa shape index (κ3) is 3.76. The van der Waals surface area contributed by atoms with E-state index in [0.29, 0.717) is 6.42 Å². The summed E-state index contributed by atoms with van der Waals surface area (Å²) in [7, 11) is 3.25. The third-order valence-corrected chi connectivity index (χ3v) is 1.13. The van der Waals surface area contributed by atoms with Crippen molar-refractivity contribution in [3.63, 3.8) is 0 Å². The molecule has 0 atom stereocenters. The van der Waals surface area contributed by atoms with Gasteiger partial charge >= 0.3 is 0 Å². The van der Waals surface area contributed by atoms with Crippen molar-refractivity contribution >= 4 is 5.91 Å². The van der Waals surface area contributed by atoms with Crippen LogP contribution in [-0.4, -0.2) is 5.91 Å². The molecule has 1 radical (unpaired) electrons. The minimum Gasteiger partial charge on any atom is -0.354 e. The van der Waals surface area contributed by atoms with Gasteiger partial charge in [0.2, 0.25) is 5.91 Å². The van der Waals surface area contributed by atoms with Crippen molar-refractivity contribution in [3.05, 3.63) is 18.7 Å². The van der Waals surface area contributed by atoms with E-state index in [1.165, 1.54) is 0 Å². The lowest BCUT2D eigenvalue weighted by Gasteiger charge is -1.96. The van der Waals surface area contributed by atoms with Gasteiger partial charge in [0, 0.05) is 13.5 Å². The Bertz CT molecular complexity index is 127. The summed E-state index contributed by atoms with van der Waals surface area (Å²) in [6.45, 7) is 3.82. The minimum atomic E-state index is -0.0365. The monoisotopic (exact) mass is 126 g/mol. The van der Waals surface area contributed by atoms with Gasteiger partial charge in [-0.2, -0.15) is 0 Å². The topological polar surface area (TPSA) is 29.1 Å². The Morgan fingerprint density at radius 1 is 1.78 bits per heavy atom. The molecule has 1 amide bonds. The largest absolute Gasteiger partial charge is 0.354 e. The molecule has 2 nitrogen and oxygen atoms in total. The number of allylic oxidation sites excluding steroid dienone is 1. The van der Waals surface area contributed by atoms with Crippen LogP contribution in [0.1, 0.15) is 20.3 Å². The van der Waals surface area contributed by atoms with E-state index in [-0.39, 0.29) is 5.91 Å². The van der Waals surface area contributed by atoms with E-state index in [2.05, 4.69) is 12.4 Å². The molecule has 0 unspecified atom stereocenters. The molecule has 0 saturated heterocycles.